The number of benzene rings is 1. The SMILES string of the molecule is CN1CCC(c2cccc3cc(CO)n(CC4CC4)c23)CC1. The van der Waals surface area contributed by atoms with Crippen molar-refractivity contribution in [1.29, 1.82) is 0 Å². The van der Waals surface area contributed by atoms with Crippen LogP contribution in [0.5, 0.6) is 0 Å². The topological polar surface area (TPSA) is 28.4 Å². The predicted molar refractivity (Wildman–Crippen MR) is 90.1 cm³/mol. The summed E-state index contributed by atoms with van der Waals surface area (Å²) >= 11 is 0. The van der Waals surface area contributed by atoms with Gasteiger partial charge in [0.25, 0.3) is 0 Å². The maximum Gasteiger partial charge on any atom is 0.0833 e. The Hall–Kier alpha value is -1.32. The third kappa shape index (κ3) is 2.57. The van der Waals surface area contributed by atoms with Crippen molar-refractivity contribution in [1.82, 2.24) is 9.47 Å². The van der Waals surface area contributed by atoms with Crippen LogP contribution in [0.1, 0.15) is 42.9 Å². The molecule has 4 rings (SSSR count). The summed E-state index contributed by atoms with van der Waals surface area (Å²) in [5.74, 6) is 1.49. The number of hydrogen-bond donors (Lipinski definition) is 1. The minimum atomic E-state index is 0.147. The van der Waals surface area contributed by atoms with Crippen LogP contribution in [0.2, 0.25) is 0 Å². The summed E-state index contributed by atoms with van der Waals surface area (Å²) in [4.78, 5) is 2.43. The van der Waals surface area contributed by atoms with Gasteiger partial charge in [-0.05, 0) is 69.3 Å². The minimum Gasteiger partial charge on any atom is -0.390 e. The second-order valence-corrected chi connectivity index (χ2v) is 7.21. The predicted octanol–water partition coefficient (Wildman–Crippen LogP) is 3.35. The van der Waals surface area contributed by atoms with E-state index in [-0.39, 0.29) is 6.61 Å². The van der Waals surface area contributed by atoms with Gasteiger partial charge in [-0.1, -0.05) is 18.2 Å². The first-order valence-electron chi connectivity index (χ1n) is 8.66. The van der Waals surface area contributed by atoms with Crippen molar-refractivity contribution >= 4 is 10.9 Å². The lowest BCUT2D eigenvalue weighted by molar-refractivity contribution is 0.255. The average Bonchev–Trinajstić information content (AvgIpc) is 3.28. The molecule has 22 heavy (non-hydrogen) atoms. The Morgan fingerprint density at radius 3 is 2.59 bits per heavy atom. The smallest absolute Gasteiger partial charge is 0.0833 e. The number of aliphatic hydroxyl groups excluding tert-OH is 1. The average molecular weight is 298 g/mol. The van der Waals surface area contributed by atoms with Crippen LogP contribution in [0.3, 0.4) is 0 Å². The summed E-state index contributed by atoms with van der Waals surface area (Å²) in [6.45, 7) is 3.62. The standard InChI is InChI=1S/C19H26N2O/c1-20-9-7-15(8-10-20)18-4-2-3-16-11-17(13-22)21(19(16)18)12-14-5-6-14/h2-4,11,14-15,22H,5-10,12-13H2,1H3. The molecule has 1 saturated heterocycles. The van der Waals surface area contributed by atoms with E-state index in [1.807, 2.05) is 0 Å². The van der Waals surface area contributed by atoms with E-state index in [1.54, 1.807) is 0 Å². The lowest BCUT2D eigenvalue weighted by Crippen LogP contribution is -2.29. The highest BCUT2D eigenvalue weighted by molar-refractivity contribution is 5.85. The Morgan fingerprint density at radius 2 is 1.91 bits per heavy atom. The fourth-order valence-electron chi connectivity index (χ4n) is 3.96. The maximum atomic E-state index is 9.76. The summed E-state index contributed by atoms with van der Waals surface area (Å²) in [6.07, 6.45) is 5.19. The Labute approximate surface area is 132 Å². The van der Waals surface area contributed by atoms with Gasteiger partial charge in [-0.25, -0.2) is 0 Å². The van der Waals surface area contributed by atoms with E-state index in [0.717, 1.165) is 18.2 Å². The molecule has 2 fully saturated rings. The molecule has 0 bridgehead atoms. The van der Waals surface area contributed by atoms with Crippen molar-refractivity contribution in [3.63, 3.8) is 0 Å². The van der Waals surface area contributed by atoms with E-state index in [4.69, 9.17) is 0 Å². The third-order valence-corrected chi connectivity index (χ3v) is 5.50. The van der Waals surface area contributed by atoms with E-state index in [0.29, 0.717) is 5.92 Å². The number of rotatable bonds is 4. The fourth-order valence-corrected chi connectivity index (χ4v) is 3.96. The largest absolute Gasteiger partial charge is 0.390 e. The molecule has 1 aromatic carbocycles. The summed E-state index contributed by atoms with van der Waals surface area (Å²) in [5.41, 5.74) is 3.99. The molecule has 0 spiro atoms. The monoisotopic (exact) mass is 298 g/mol. The van der Waals surface area contributed by atoms with E-state index >= 15 is 0 Å². The van der Waals surface area contributed by atoms with Crippen LogP contribution in [-0.4, -0.2) is 34.7 Å². The van der Waals surface area contributed by atoms with Gasteiger partial charge in [0.15, 0.2) is 0 Å². The molecule has 118 valence electrons. The lowest BCUT2D eigenvalue weighted by atomic mass is 9.88. The van der Waals surface area contributed by atoms with Gasteiger partial charge in [0, 0.05) is 17.6 Å². The molecule has 0 atom stereocenters. The first kappa shape index (κ1) is 14.3. The van der Waals surface area contributed by atoms with E-state index in [9.17, 15) is 5.11 Å². The molecule has 1 aromatic heterocycles. The molecule has 2 heterocycles. The van der Waals surface area contributed by atoms with Gasteiger partial charge in [0.05, 0.1) is 12.1 Å². The highest BCUT2D eigenvalue weighted by Gasteiger charge is 2.26. The lowest BCUT2D eigenvalue weighted by Gasteiger charge is -2.30. The number of hydrogen-bond acceptors (Lipinski definition) is 2. The molecule has 2 aliphatic rings. The van der Waals surface area contributed by atoms with Crippen LogP contribution in [0.4, 0.5) is 0 Å². The molecule has 0 amide bonds. The molecule has 1 aliphatic carbocycles. The summed E-state index contributed by atoms with van der Waals surface area (Å²) in [5, 5.41) is 11.1. The number of piperidine rings is 1. The third-order valence-electron chi connectivity index (χ3n) is 5.50. The van der Waals surface area contributed by atoms with E-state index in [1.165, 1.54) is 55.2 Å². The van der Waals surface area contributed by atoms with Crippen molar-refractivity contribution in [3.05, 3.63) is 35.5 Å². The van der Waals surface area contributed by atoms with Gasteiger partial charge >= 0.3 is 0 Å². The Bertz CT molecular complexity index is 663. The molecule has 3 heteroatoms. The molecular formula is C19H26N2O. The molecule has 0 radical (unpaired) electrons. The number of likely N-dealkylation sites (tertiary alicyclic amines) is 1. The fraction of sp³-hybridized carbons (Fsp3) is 0.579. The van der Waals surface area contributed by atoms with Gasteiger partial charge in [-0.2, -0.15) is 0 Å². The normalized spacial score (nSPS) is 20.8. The number of para-hydroxylation sites is 1. The van der Waals surface area contributed by atoms with Crippen LogP contribution in [-0.2, 0) is 13.2 Å². The highest BCUT2D eigenvalue weighted by Crippen LogP contribution is 2.37. The number of fused-ring (bicyclic) bond motifs is 1. The van der Waals surface area contributed by atoms with Crippen LogP contribution < -0.4 is 0 Å². The van der Waals surface area contributed by atoms with Crippen LogP contribution in [0.15, 0.2) is 24.3 Å². The number of nitrogens with zero attached hydrogens (tertiary/aromatic N) is 2. The quantitative estimate of drug-likeness (QED) is 0.937. The van der Waals surface area contributed by atoms with Gasteiger partial charge in [0.1, 0.15) is 0 Å². The molecular weight excluding hydrogens is 272 g/mol. The van der Waals surface area contributed by atoms with Crippen LogP contribution in [0, 0.1) is 5.92 Å². The van der Waals surface area contributed by atoms with Crippen molar-refractivity contribution in [2.75, 3.05) is 20.1 Å². The van der Waals surface area contributed by atoms with Gasteiger partial charge in [-0.3, -0.25) is 0 Å². The van der Waals surface area contributed by atoms with Crippen LogP contribution in [0.25, 0.3) is 10.9 Å². The minimum absolute atomic E-state index is 0.147. The maximum absolute atomic E-state index is 9.76. The molecule has 2 aromatic rings. The highest BCUT2D eigenvalue weighted by atomic mass is 16.3. The van der Waals surface area contributed by atoms with E-state index < -0.39 is 0 Å². The van der Waals surface area contributed by atoms with Crippen molar-refractivity contribution in [2.45, 2.75) is 44.8 Å². The van der Waals surface area contributed by atoms with Crippen molar-refractivity contribution < 1.29 is 5.11 Å². The Balaban J connectivity index is 1.78. The molecule has 1 saturated carbocycles. The molecule has 0 unspecified atom stereocenters. The summed E-state index contributed by atoms with van der Waals surface area (Å²) in [7, 11) is 2.22. The first-order chi connectivity index (χ1) is 10.8. The summed E-state index contributed by atoms with van der Waals surface area (Å²) in [6, 6.07) is 8.91. The number of aromatic nitrogens is 1. The molecule has 1 N–H and O–H groups in total. The Kier molecular flexibility index (Phi) is 3.71. The molecule has 3 nitrogen and oxygen atoms in total. The molecule has 1 aliphatic heterocycles. The second kappa shape index (κ2) is 5.71. The Morgan fingerprint density at radius 1 is 1.14 bits per heavy atom. The van der Waals surface area contributed by atoms with Crippen LogP contribution >= 0.6 is 0 Å². The van der Waals surface area contributed by atoms with Gasteiger partial charge in [0.2, 0.25) is 0 Å². The first-order valence-corrected chi connectivity index (χ1v) is 8.66. The van der Waals surface area contributed by atoms with Gasteiger partial charge < -0.3 is 14.6 Å². The zero-order valence-electron chi connectivity index (χ0n) is 13.5. The zero-order chi connectivity index (χ0) is 15.1. The van der Waals surface area contributed by atoms with Crippen molar-refractivity contribution in [3.8, 4) is 0 Å². The van der Waals surface area contributed by atoms with Gasteiger partial charge in [-0.15, -0.1) is 0 Å². The zero-order valence-corrected chi connectivity index (χ0v) is 13.5. The van der Waals surface area contributed by atoms with Crippen molar-refractivity contribution in [2.24, 2.45) is 5.92 Å². The number of aliphatic hydroxyl groups is 1. The second-order valence-electron chi connectivity index (χ2n) is 7.21. The summed E-state index contributed by atoms with van der Waals surface area (Å²) < 4.78 is 2.42. The van der Waals surface area contributed by atoms with E-state index in [2.05, 4.69) is 40.8 Å².